The lowest BCUT2D eigenvalue weighted by molar-refractivity contribution is 0.414. The summed E-state index contributed by atoms with van der Waals surface area (Å²) in [6.45, 7) is 0.644. The van der Waals surface area contributed by atoms with Crippen molar-refractivity contribution < 1.29 is 4.74 Å². The molecule has 1 rings (SSSR count). The standard InChI is InChI=1S/C9H12ClNO.ClH/c1-12-9-6-7(4-5-11)2-3-8(9)10;/h2-3,6H,4-5,11H2,1H3;1H. The molecular weight excluding hydrogens is 209 g/mol. The van der Waals surface area contributed by atoms with Gasteiger partial charge >= 0.3 is 0 Å². The second kappa shape index (κ2) is 6.08. The van der Waals surface area contributed by atoms with Crippen LogP contribution >= 0.6 is 24.0 Å². The highest BCUT2D eigenvalue weighted by molar-refractivity contribution is 6.32. The van der Waals surface area contributed by atoms with Crippen LogP contribution in [0.1, 0.15) is 5.56 Å². The van der Waals surface area contributed by atoms with Gasteiger partial charge < -0.3 is 10.5 Å². The van der Waals surface area contributed by atoms with E-state index in [-0.39, 0.29) is 12.4 Å². The summed E-state index contributed by atoms with van der Waals surface area (Å²) in [5, 5.41) is 0.637. The molecule has 0 aliphatic carbocycles. The third-order valence-electron chi connectivity index (χ3n) is 1.65. The molecule has 1 aromatic carbocycles. The van der Waals surface area contributed by atoms with Crippen molar-refractivity contribution in [2.75, 3.05) is 13.7 Å². The predicted octanol–water partition coefficient (Wildman–Crippen LogP) is 2.27. The molecule has 2 N–H and O–H groups in total. The van der Waals surface area contributed by atoms with E-state index in [0.717, 1.165) is 12.0 Å². The summed E-state index contributed by atoms with van der Waals surface area (Å²) in [7, 11) is 1.60. The van der Waals surface area contributed by atoms with Crippen LogP contribution in [0.2, 0.25) is 5.02 Å². The monoisotopic (exact) mass is 221 g/mol. The molecule has 0 aliphatic rings. The van der Waals surface area contributed by atoms with Crippen molar-refractivity contribution in [2.45, 2.75) is 6.42 Å². The Morgan fingerprint density at radius 1 is 1.46 bits per heavy atom. The van der Waals surface area contributed by atoms with Gasteiger partial charge in [0.05, 0.1) is 12.1 Å². The summed E-state index contributed by atoms with van der Waals surface area (Å²) in [6.07, 6.45) is 0.855. The summed E-state index contributed by atoms with van der Waals surface area (Å²) in [5.41, 5.74) is 6.57. The highest BCUT2D eigenvalue weighted by Gasteiger charge is 2.00. The Hall–Kier alpha value is -0.440. The molecular formula is C9H13Cl2NO. The maximum absolute atomic E-state index is 5.84. The summed E-state index contributed by atoms with van der Waals surface area (Å²) >= 11 is 5.84. The van der Waals surface area contributed by atoms with Gasteiger partial charge in [0.2, 0.25) is 0 Å². The minimum absolute atomic E-state index is 0. The smallest absolute Gasteiger partial charge is 0.137 e. The van der Waals surface area contributed by atoms with Crippen LogP contribution in [0.4, 0.5) is 0 Å². The van der Waals surface area contributed by atoms with E-state index >= 15 is 0 Å². The van der Waals surface area contributed by atoms with Crippen LogP contribution in [-0.2, 0) is 6.42 Å². The number of nitrogens with two attached hydrogens (primary N) is 1. The fourth-order valence-electron chi connectivity index (χ4n) is 1.03. The van der Waals surface area contributed by atoms with Gasteiger partial charge in [0.25, 0.3) is 0 Å². The molecule has 0 radical (unpaired) electrons. The lowest BCUT2D eigenvalue weighted by atomic mass is 10.1. The van der Waals surface area contributed by atoms with Gasteiger partial charge in [-0.25, -0.2) is 0 Å². The number of rotatable bonds is 3. The number of halogens is 2. The van der Waals surface area contributed by atoms with E-state index in [4.69, 9.17) is 22.1 Å². The quantitative estimate of drug-likeness (QED) is 0.851. The summed E-state index contributed by atoms with van der Waals surface area (Å²) in [6, 6.07) is 5.69. The van der Waals surface area contributed by atoms with Gasteiger partial charge in [-0.2, -0.15) is 0 Å². The topological polar surface area (TPSA) is 35.2 Å². The Labute approximate surface area is 89.4 Å². The van der Waals surface area contributed by atoms with Crippen LogP contribution < -0.4 is 10.5 Å². The Balaban J connectivity index is 0.00000144. The molecule has 1 aromatic rings. The van der Waals surface area contributed by atoms with Gasteiger partial charge in [-0.15, -0.1) is 12.4 Å². The molecule has 13 heavy (non-hydrogen) atoms. The van der Waals surface area contributed by atoms with Gasteiger partial charge in [-0.05, 0) is 30.7 Å². The van der Waals surface area contributed by atoms with Crippen LogP contribution in [-0.4, -0.2) is 13.7 Å². The highest BCUT2D eigenvalue weighted by atomic mass is 35.5. The van der Waals surface area contributed by atoms with Crippen LogP contribution in [0.5, 0.6) is 5.75 Å². The van der Waals surface area contributed by atoms with E-state index in [1.807, 2.05) is 18.2 Å². The van der Waals surface area contributed by atoms with Crippen LogP contribution in [0, 0.1) is 0 Å². The molecule has 0 amide bonds. The van der Waals surface area contributed by atoms with E-state index in [9.17, 15) is 0 Å². The first-order valence-electron chi connectivity index (χ1n) is 3.80. The van der Waals surface area contributed by atoms with Gasteiger partial charge in [0.1, 0.15) is 5.75 Å². The number of methoxy groups -OCH3 is 1. The molecule has 0 spiro atoms. The Kier molecular flexibility index (Phi) is 5.88. The summed E-state index contributed by atoms with van der Waals surface area (Å²) in [4.78, 5) is 0. The maximum Gasteiger partial charge on any atom is 0.137 e. The molecule has 74 valence electrons. The van der Waals surface area contributed by atoms with E-state index in [1.54, 1.807) is 7.11 Å². The molecule has 4 heteroatoms. The van der Waals surface area contributed by atoms with Gasteiger partial charge in [0, 0.05) is 0 Å². The maximum atomic E-state index is 5.84. The minimum atomic E-state index is 0. The van der Waals surface area contributed by atoms with Gasteiger partial charge in [-0.1, -0.05) is 17.7 Å². The molecule has 0 unspecified atom stereocenters. The second-order valence-corrected chi connectivity index (χ2v) is 2.91. The Morgan fingerprint density at radius 3 is 2.69 bits per heavy atom. The van der Waals surface area contributed by atoms with Crippen molar-refractivity contribution in [1.82, 2.24) is 0 Å². The first-order valence-corrected chi connectivity index (χ1v) is 4.18. The largest absolute Gasteiger partial charge is 0.495 e. The molecule has 0 saturated heterocycles. The number of hydrogen-bond donors (Lipinski definition) is 1. The van der Waals surface area contributed by atoms with Crippen LogP contribution in [0.15, 0.2) is 18.2 Å². The molecule has 0 heterocycles. The average molecular weight is 222 g/mol. The lowest BCUT2D eigenvalue weighted by Gasteiger charge is -2.04. The molecule has 0 saturated carbocycles. The van der Waals surface area contributed by atoms with Crippen LogP contribution in [0.3, 0.4) is 0 Å². The highest BCUT2D eigenvalue weighted by Crippen LogP contribution is 2.24. The molecule has 2 nitrogen and oxygen atoms in total. The van der Waals surface area contributed by atoms with Gasteiger partial charge in [-0.3, -0.25) is 0 Å². The molecule has 0 aromatic heterocycles. The van der Waals surface area contributed by atoms with Crippen molar-refractivity contribution in [2.24, 2.45) is 5.73 Å². The zero-order chi connectivity index (χ0) is 8.97. The summed E-state index contributed by atoms with van der Waals surface area (Å²) in [5.74, 6) is 0.711. The normalized spacial score (nSPS) is 9.15. The fourth-order valence-corrected chi connectivity index (χ4v) is 1.22. The van der Waals surface area contributed by atoms with E-state index in [2.05, 4.69) is 0 Å². The molecule has 0 bridgehead atoms. The Morgan fingerprint density at radius 2 is 2.15 bits per heavy atom. The van der Waals surface area contributed by atoms with Crippen molar-refractivity contribution >= 4 is 24.0 Å². The Bertz CT molecular complexity index is 266. The van der Waals surface area contributed by atoms with Crippen molar-refractivity contribution in [1.29, 1.82) is 0 Å². The first-order chi connectivity index (χ1) is 5.77. The third kappa shape index (κ3) is 3.43. The van der Waals surface area contributed by atoms with E-state index < -0.39 is 0 Å². The number of ether oxygens (including phenoxy) is 1. The van der Waals surface area contributed by atoms with Crippen molar-refractivity contribution in [3.63, 3.8) is 0 Å². The third-order valence-corrected chi connectivity index (χ3v) is 1.96. The van der Waals surface area contributed by atoms with Crippen molar-refractivity contribution in [3.05, 3.63) is 28.8 Å². The van der Waals surface area contributed by atoms with E-state index in [0.29, 0.717) is 17.3 Å². The lowest BCUT2D eigenvalue weighted by Crippen LogP contribution is -2.02. The SMILES string of the molecule is COc1cc(CCN)ccc1Cl.Cl. The van der Waals surface area contributed by atoms with Crippen molar-refractivity contribution in [3.8, 4) is 5.75 Å². The average Bonchev–Trinajstić information content (AvgIpc) is 2.09. The zero-order valence-corrected chi connectivity index (χ0v) is 8.99. The summed E-state index contributed by atoms with van der Waals surface area (Å²) < 4.78 is 5.06. The van der Waals surface area contributed by atoms with E-state index in [1.165, 1.54) is 0 Å². The first kappa shape index (κ1) is 12.6. The number of hydrogen-bond acceptors (Lipinski definition) is 2. The molecule has 0 aliphatic heterocycles. The second-order valence-electron chi connectivity index (χ2n) is 2.51. The predicted molar refractivity (Wildman–Crippen MR) is 58.0 cm³/mol. The molecule has 0 fully saturated rings. The van der Waals surface area contributed by atoms with Gasteiger partial charge in [0.15, 0.2) is 0 Å². The number of benzene rings is 1. The fraction of sp³-hybridized carbons (Fsp3) is 0.333. The molecule has 0 atom stereocenters. The van der Waals surface area contributed by atoms with Crippen LogP contribution in [0.25, 0.3) is 0 Å². The zero-order valence-electron chi connectivity index (χ0n) is 7.42. The minimum Gasteiger partial charge on any atom is -0.495 e.